The van der Waals surface area contributed by atoms with E-state index in [1.54, 1.807) is 18.2 Å². The van der Waals surface area contributed by atoms with E-state index in [4.69, 9.17) is 10.5 Å². The van der Waals surface area contributed by atoms with E-state index in [1.807, 2.05) is 12.1 Å². The van der Waals surface area contributed by atoms with Crippen LogP contribution < -0.4 is 10.5 Å². The summed E-state index contributed by atoms with van der Waals surface area (Å²) >= 11 is 3.31. The van der Waals surface area contributed by atoms with Gasteiger partial charge < -0.3 is 10.5 Å². The number of hydrogen-bond acceptors (Lipinski definition) is 2. The van der Waals surface area contributed by atoms with Crippen LogP contribution in [-0.2, 0) is 0 Å². The number of halogens is 2. The number of hydrogen-bond donors (Lipinski definition) is 1. The average molecular weight is 282 g/mol. The van der Waals surface area contributed by atoms with Crippen LogP contribution in [-0.4, -0.2) is 0 Å². The Hall–Kier alpha value is -1.55. The van der Waals surface area contributed by atoms with Crippen LogP contribution in [0.4, 0.5) is 10.1 Å². The molecule has 0 amide bonds. The molecule has 0 atom stereocenters. The van der Waals surface area contributed by atoms with Crippen molar-refractivity contribution in [3.05, 3.63) is 52.8 Å². The summed E-state index contributed by atoms with van der Waals surface area (Å²) in [5.74, 6) is 0.255. The average Bonchev–Trinajstić information content (AvgIpc) is 2.22. The minimum Gasteiger partial charge on any atom is -0.454 e. The second-order valence-corrected chi connectivity index (χ2v) is 4.16. The van der Waals surface area contributed by atoms with Gasteiger partial charge in [0.25, 0.3) is 0 Å². The zero-order valence-corrected chi connectivity index (χ0v) is 9.87. The van der Waals surface area contributed by atoms with Crippen LogP contribution in [0.1, 0.15) is 0 Å². The van der Waals surface area contributed by atoms with Crippen molar-refractivity contribution in [2.75, 3.05) is 5.73 Å². The molecule has 0 aliphatic heterocycles. The first kappa shape index (κ1) is 11.0. The standard InChI is InChI=1S/C12H9BrFNO/c13-8-2-1-3-10(6-8)16-12-5-4-9(15)7-11(12)14/h1-7H,15H2. The van der Waals surface area contributed by atoms with Crippen LogP contribution in [0, 0.1) is 5.82 Å². The van der Waals surface area contributed by atoms with Crippen molar-refractivity contribution < 1.29 is 9.13 Å². The Kier molecular flexibility index (Phi) is 3.10. The number of ether oxygens (including phenoxy) is 1. The van der Waals surface area contributed by atoms with Gasteiger partial charge in [0.1, 0.15) is 5.75 Å². The number of rotatable bonds is 2. The van der Waals surface area contributed by atoms with E-state index >= 15 is 0 Å². The summed E-state index contributed by atoms with van der Waals surface area (Å²) in [5.41, 5.74) is 5.82. The van der Waals surface area contributed by atoms with E-state index in [2.05, 4.69) is 15.9 Å². The molecule has 0 saturated carbocycles. The lowest BCUT2D eigenvalue weighted by Gasteiger charge is -2.07. The van der Waals surface area contributed by atoms with E-state index in [-0.39, 0.29) is 5.75 Å². The Morgan fingerprint density at radius 1 is 1.12 bits per heavy atom. The third kappa shape index (κ3) is 2.52. The molecular weight excluding hydrogens is 273 g/mol. The van der Waals surface area contributed by atoms with Crippen molar-refractivity contribution in [1.82, 2.24) is 0 Å². The van der Waals surface area contributed by atoms with Crippen LogP contribution in [0.15, 0.2) is 46.9 Å². The molecule has 16 heavy (non-hydrogen) atoms. The van der Waals surface area contributed by atoms with E-state index in [9.17, 15) is 4.39 Å². The highest BCUT2D eigenvalue weighted by Gasteiger charge is 2.05. The van der Waals surface area contributed by atoms with Gasteiger partial charge in [0.05, 0.1) is 0 Å². The molecule has 4 heteroatoms. The maximum Gasteiger partial charge on any atom is 0.167 e. The minimum absolute atomic E-state index is 0.160. The Bertz CT molecular complexity index is 516. The third-order valence-corrected chi connectivity index (χ3v) is 2.47. The Morgan fingerprint density at radius 2 is 1.94 bits per heavy atom. The van der Waals surface area contributed by atoms with Gasteiger partial charge in [-0.15, -0.1) is 0 Å². The molecule has 82 valence electrons. The number of anilines is 1. The largest absolute Gasteiger partial charge is 0.454 e. The second kappa shape index (κ2) is 4.53. The normalized spacial score (nSPS) is 10.1. The van der Waals surface area contributed by atoms with Crippen molar-refractivity contribution in [3.63, 3.8) is 0 Å². The second-order valence-electron chi connectivity index (χ2n) is 3.25. The number of nitrogens with two attached hydrogens (primary N) is 1. The molecular formula is C12H9BrFNO. The molecule has 0 aliphatic carbocycles. The predicted molar refractivity (Wildman–Crippen MR) is 65.0 cm³/mol. The molecule has 2 aromatic carbocycles. The monoisotopic (exact) mass is 281 g/mol. The first-order valence-electron chi connectivity index (χ1n) is 4.63. The molecule has 0 bridgehead atoms. The summed E-state index contributed by atoms with van der Waals surface area (Å²) in [6.45, 7) is 0. The topological polar surface area (TPSA) is 35.2 Å². The summed E-state index contributed by atoms with van der Waals surface area (Å²) in [6.07, 6.45) is 0. The molecule has 0 fully saturated rings. The first-order valence-corrected chi connectivity index (χ1v) is 5.43. The van der Waals surface area contributed by atoms with Crippen molar-refractivity contribution in [2.24, 2.45) is 0 Å². The molecule has 0 spiro atoms. The summed E-state index contributed by atoms with van der Waals surface area (Å²) < 4.78 is 19.7. The van der Waals surface area contributed by atoms with Crippen molar-refractivity contribution in [1.29, 1.82) is 0 Å². The predicted octanol–water partition coefficient (Wildman–Crippen LogP) is 3.96. The summed E-state index contributed by atoms with van der Waals surface area (Å²) in [7, 11) is 0. The fourth-order valence-corrected chi connectivity index (χ4v) is 1.64. The molecule has 2 aromatic rings. The first-order chi connectivity index (χ1) is 7.65. The van der Waals surface area contributed by atoms with Crippen LogP contribution >= 0.6 is 15.9 Å². The van der Waals surface area contributed by atoms with Gasteiger partial charge in [0.15, 0.2) is 11.6 Å². The van der Waals surface area contributed by atoms with Crippen molar-refractivity contribution >= 4 is 21.6 Å². The van der Waals surface area contributed by atoms with Crippen molar-refractivity contribution in [3.8, 4) is 11.5 Å². The fourth-order valence-electron chi connectivity index (χ4n) is 1.26. The maximum atomic E-state index is 13.4. The van der Waals surface area contributed by atoms with E-state index in [0.717, 1.165) is 4.47 Å². The van der Waals surface area contributed by atoms with Crippen LogP contribution in [0.3, 0.4) is 0 Å². The third-order valence-electron chi connectivity index (χ3n) is 1.98. The van der Waals surface area contributed by atoms with Gasteiger partial charge in [-0.1, -0.05) is 22.0 Å². The van der Waals surface area contributed by atoms with Crippen LogP contribution in [0.2, 0.25) is 0 Å². The summed E-state index contributed by atoms with van der Waals surface area (Å²) in [4.78, 5) is 0. The van der Waals surface area contributed by atoms with E-state index < -0.39 is 5.82 Å². The molecule has 2 rings (SSSR count). The molecule has 2 N–H and O–H groups in total. The highest BCUT2D eigenvalue weighted by atomic mass is 79.9. The zero-order chi connectivity index (χ0) is 11.5. The molecule has 0 aromatic heterocycles. The summed E-state index contributed by atoms with van der Waals surface area (Å²) in [6, 6.07) is 11.5. The lowest BCUT2D eigenvalue weighted by Crippen LogP contribution is -1.91. The Labute approximate surface area is 101 Å². The fraction of sp³-hybridized carbons (Fsp3) is 0. The smallest absolute Gasteiger partial charge is 0.167 e. The van der Waals surface area contributed by atoms with Gasteiger partial charge >= 0.3 is 0 Å². The minimum atomic E-state index is -0.472. The van der Waals surface area contributed by atoms with Crippen LogP contribution in [0.25, 0.3) is 0 Å². The molecule has 0 heterocycles. The lowest BCUT2D eigenvalue weighted by atomic mass is 10.3. The van der Waals surface area contributed by atoms with Gasteiger partial charge in [0, 0.05) is 16.2 Å². The van der Waals surface area contributed by atoms with E-state index in [0.29, 0.717) is 11.4 Å². The Morgan fingerprint density at radius 3 is 2.62 bits per heavy atom. The van der Waals surface area contributed by atoms with Gasteiger partial charge in [-0.25, -0.2) is 4.39 Å². The highest BCUT2D eigenvalue weighted by Crippen LogP contribution is 2.27. The molecule has 0 unspecified atom stereocenters. The maximum absolute atomic E-state index is 13.4. The highest BCUT2D eigenvalue weighted by molar-refractivity contribution is 9.10. The molecule has 0 radical (unpaired) electrons. The molecule has 0 aliphatic rings. The molecule has 2 nitrogen and oxygen atoms in total. The van der Waals surface area contributed by atoms with Crippen LogP contribution in [0.5, 0.6) is 11.5 Å². The van der Waals surface area contributed by atoms with Gasteiger partial charge in [-0.05, 0) is 30.3 Å². The van der Waals surface area contributed by atoms with Gasteiger partial charge in [-0.2, -0.15) is 0 Å². The molecule has 0 saturated heterocycles. The van der Waals surface area contributed by atoms with Gasteiger partial charge in [0.2, 0.25) is 0 Å². The quantitative estimate of drug-likeness (QED) is 0.846. The zero-order valence-electron chi connectivity index (χ0n) is 8.28. The Balaban J connectivity index is 2.27. The summed E-state index contributed by atoms with van der Waals surface area (Å²) in [5, 5.41) is 0. The SMILES string of the molecule is Nc1ccc(Oc2cccc(Br)c2)c(F)c1. The number of benzene rings is 2. The lowest BCUT2D eigenvalue weighted by molar-refractivity contribution is 0.442. The van der Waals surface area contributed by atoms with E-state index in [1.165, 1.54) is 12.1 Å². The van der Waals surface area contributed by atoms with Crippen molar-refractivity contribution in [2.45, 2.75) is 0 Å². The van der Waals surface area contributed by atoms with Gasteiger partial charge in [-0.3, -0.25) is 0 Å². The number of nitrogen functional groups attached to an aromatic ring is 1.